The van der Waals surface area contributed by atoms with E-state index in [4.69, 9.17) is 27.5 Å². The Labute approximate surface area is 211 Å². The Hall–Kier alpha value is -3.60. The molecule has 4 rings (SSSR count). The molecule has 35 heavy (non-hydrogen) atoms. The van der Waals surface area contributed by atoms with Crippen LogP contribution >= 0.6 is 22.9 Å². The summed E-state index contributed by atoms with van der Waals surface area (Å²) in [7, 11) is 0. The Bertz CT molecular complexity index is 1540. The van der Waals surface area contributed by atoms with Gasteiger partial charge in [-0.15, -0.1) is 6.42 Å². The number of aromatic nitrogens is 1. The van der Waals surface area contributed by atoms with Crippen molar-refractivity contribution in [2.45, 2.75) is 32.9 Å². The minimum absolute atomic E-state index is 0.110. The molecule has 2 heterocycles. The van der Waals surface area contributed by atoms with E-state index in [0.29, 0.717) is 36.9 Å². The van der Waals surface area contributed by atoms with Crippen LogP contribution in [0.25, 0.3) is 6.08 Å². The standard InChI is InChI=1S/C27H23ClN2O4S/c1-5-14-33-21-13-9-6-10-18(21)15-22-25(31)30-24(19-11-7-8-12-20(19)28)23(26(32)34-16(2)3)17(4)29-27(30)35-22/h1,6-13,15-16,24H,14H2,2-4H3. The molecule has 0 aliphatic carbocycles. The lowest BCUT2D eigenvalue weighted by Gasteiger charge is -2.26. The molecule has 6 nitrogen and oxygen atoms in total. The number of fused-ring (bicyclic) bond motifs is 1. The van der Waals surface area contributed by atoms with E-state index < -0.39 is 12.0 Å². The van der Waals surface area contributed by atoms with Gasteiger partial charge in [-0.2, -0.15) is 0 Å². The van der Waals surface area contributed by atoms with Crippen molar-refractivity contribution in [1.29, 1.82) is 0 Å². The van der Waals surface area contributed by atoms with Crippen molar-refractivity contribution in [2.75, 3.05) is 6.61 Å². The summed E-state index contributed by atoms with van der Waals surface area (Å²) < 4.78 is 13.1. The maximum Gasteiger partial charge on any atom is 0.338 e. The second-order valence-electron chi connectivity index (χ2n) is 8.09. The molecule has 1 aliphatic rings. The third kappa shape index (κ3) is 4.95. The van der Waals surface area contributed by atoms with E-state index in [2.05, 4.69) is 10.9 Å². The first kappa shape index (κ1) is 24.5. The van der Waals surface area contributed by atoms with E-state index in [1.54, 1.807) is 51.1 Å². The number of carbonyl (C=O) groups excluding carboxylic acids is 1. The lowest BCUT2D eigenvalue weighted by Crippen LogP contribution is -2.40. The van der Waals surface area contributed by atoms with Gasteiger partial charge in [-0.25, -0.2) is 9.79 Å². The van der Waals surface area contributed by atoms with Crippen molar-refractivity contribution < 1.29 is 14.3 Å². The number of hydrogen-bond acceptors (Lipinski definition) is 6. The lowest BCUT2D eigenvalue weighted by atomic mass is 9.96. The molecule has 1 aliphatic heterocycles. The van der Waals surface area contributed by atoms with Gasteiger partial charge in [0.25, 0.3) is 5.56 Å². The van der Waals surface area contributed by atoms with E-state index >= 15 is 0 Å². The number of thiazole rings is 1. The largest absolute Gasteiger partial charge is 0.480 e. The molecule has 0 bridgehead atoms. The highest BCUT2D eigenvalue weighted by molar-refractivity contribution is 7.07. The summed E-state index contributed by atoms with van der Waals surface area (Å²) in [6.45, 7) is 5.39. The predicted octanol–water partition coefficient (Wildman–Crippen LogP) is 3.85. The molecule has 0 amide bonds. The fourth-order valence-electron chi connectivity index (χ4n) is 3.84. The zero-order valence-electron chi connectivity index (χ0n) is 19.4. The zero-order valence-corrected chi connectivity index (χ0v) is 21.0. The number of hydrogen-bond donors (Lipinski definition) is 0. The molecule has 1 atom stereocenters. The number of allylic oxidation sites excluding steroid dienone is 1. The van der Waals surface area contributed by atoms with Crippen LogP contribution in [0.5, 0.6) is 5.75 Å². The van der Waals surface area contributed by atoms with Crippen molar-refractivity contribution in [2.24, 2.45) is 4.99 Å². The Morgan fingerprint density at radius 3 is 2.69 bits per heavy atom. The topological polar surface area (TPSA) is 69.9 Å². The van der Waals surface area contributed by atoms with Crippen molar-refractivity contribution >= 4 is 35.0 Å². The second kappa shape index (κ2) is 10.3. The van der Waals surface area contributed by atoms with Gasteiger partial charge in [0.2, 0.25) is 0 Å². The molecular formula is C27H23ClN2O4S. The summed E-state index contributed by atoms with van der Waals surface area (Å²) in [6, 6.07) is 13.7. The van der Waals surface area contributed by atoms with Gasteiger partial charge < -0.3 is 9.47 Å². The monoisotopic (exact) mass is 506 g/mol. The molecule has 0 saturated heterocycles. The van der Waals surface area contributed by atoms with E-state index in [0.717, 1.165) is 0 Å². The molecule has 1 aromatic heterocycles. The maximum absolute atomic E-state index is 13.7. The molecule has 0 saturated carbocycles. The van der Waals surface area contributed by atoms with Crippen LogP contribution in [-0.2, 0) is 9.53 Å². The van der Waals surface area contributed by atoms with Gasteiger partial charge in [-0.3, -0.25) is 9.36 Å². The summed E-state index contributed by atoms with van der Waals surface area (Å²) in [5, 5.41) is 0.435. The molecule has 0 spiro atoms. The number of nitrogens with zero attached hydrogens (tertiary/aromatic N) is 2. The highest BCUT2D eigenvalue weighted by Crippen LogP contribution is 2.34. The summed E-state index contributed by atoms with van der Waals surface area (Å²) in [5.74, 6) is 2.48. The first-order valence-electron chi connectivity index (χ1n) is 10.9. The summed E-state index contributed by atoms with van der Waals surface area (Å²) in [6.07, 6.45) is 6.74. The predicted molar refractivity (Wildman–Crippen MR) is 137 cm³/mol. The van der Waals surface area contributed by atoms with Crippen LogP contribution in [0.4, 0.5) is 0 Å². The molecule has 3 aromatic rings. The first-order valence-corrected chi connectivity index (χ1v) is 12.1. The number of halogens is 1. The third-order valence-corrected chi connectivity index (χ3v) is 6.63. The van der Waals surface area contributed by atoms with Crippen molar-refractivity contribution in [3.8, 4) is 18.1 Å². The molecule has 0 N–H and O–H groups in total. The van der Waals surface area contributed by atoms with E-state index in [9.17, 15) is 9.59 Å². The van der Waals surface area contributed by atoms with Crippen molar-refractivity contribution in [3.05, 3.63) is 95.6 Å². The summed E-state index contributed by atoms with van der Waals surface area (Å²) in [4.78, 5) is 31.9. The average molecular weight is 507 g/mol. The molecule has 178 valence electrons. The van der Waals surface area contributed by atoms with Crippen LogP contribution in [0.3, 0.4) is 0 Å². The van der Waals surface area contributed by atoms with Gasteiger partial charge in [0.15, 0.2) is 4.80 Å². The fraction of sp³-hybridized carbons (Fsp3) is 0.222. The molecule has 2 aromatic carbocycles. The normalized spacial score (nSPS) is 15.4. The maximum atomic E-state index is 13.7. The number of para-hydroxylation sites is 1. The summed E-state index contributed by atoms with van der Waals surface area (Å²) in [5.41, 5.74) is 1.78. The quantitative estimate of drug-likeness (QED) is 0.376. The second-order valence-corrected chi connectivity index (χ2v) is 9.50. The van der Waals surface area contributed by atoms with Crippen LogP contribution in [0.2, 0.25) is 5.02 Å². The van der Waals surface area contributed by atoms with Crippen LogP contribution in [-0.4, -0.2) is 23.2 Å². The number of rotatable bonds is 6. The van der Waals surface area contributed by atoms with Crippen LogP contribution < -0.4 is 19.6 Å². The SMILES string of the molecule is C#CCOc1ccccc1C=c1sc2n(c1=O)C(c1ccccc1Cl)C(C(=O)OC(C)C)=C(C)N=2. The smallest absolute Gasteiger partial charge is 0.338 e. The van der Waals surface area contributed by atoms with Gasteiger partial charge in [0.1, 0.15) is 18.4 Å². The average Bonchev–Trinajstić information content (AvgIpc) is 3.12. The number of carbonyl (C=O) groups is 1. The Morgan fingerprint density at radius 2 is 1.97 bits per heavy atom. The Morgan fingerprint density at radius 1 is 1.26 bits per heavy atom. The van der Waals surface area contributed by atoms with Gasteiger partial charge in [-0.05, 0) is 44.5 Å². The van der Waals surface area contributed by atoms with Gasteiger partial charge in [0.05, 0.1) is 21.9 Å². The molecule has 0 radical (unpaired) electrons. The summed E-state index contributed by atoms with van der Waals surface area (Å²) >= 11 is 7.78. The van der Waals surface area contributed by atoms with Crippen molar-refractivity contribution in [3.63, 3.8) is 0 Å². The highest BCUT2D eigenvalue weighted by Gasteiger charge is 2.34. The van der Waals surface area contributed by atoms with Gasteiger partial charge in [0, 0.05) is 10.6 Å². The zero-order chi connectivity index (χ0) is 25.1. The number of terminal acetylenes is 1. The third-order valence-electron chi connectivity index (χ3n) is 5.30. The minimum atomic E-state index is -0.777. The van der Waals surface area contributed by atoms with E-state index in [1.807, 2.05) is 24.3 Å². The molecule has 8 heteroatoms. The Balaban J connectivity index is 1.94. The van der Waals surface area contributed by atoms with Crippen LogP contribution in [0, 0.1) is 12.3 Å². The number of ether oxygens (including phenoxy) is 2. The van der Waals surface area contributed by atoms with E-state index in [-0.39, 0.29) is 23.8 Å². The first-order chi connectivity index (χ1) is 16.8. The molecule has 0 fully saturated rings. The Kier molecular flexibility index (Phi) is 7.25. The van der Waals surface area contributed by atoms with Gasteiger partial charge >= 0.3 is 5.97 Å². The highest BCUT2D eigenvalue weighted by atomic mass is 35.5. The number of esters is 1. The van der Waals surface area contributed by atoms with Gasteiger partial charge in [-0.1, -0.05) is 65.3 Å². The fourth-order valence-corrected chi connectivity index (χ4v) is 5.12. The van der Waals surface area contributed by atoms with E-state index in [1.165, 1.54) is 15.9 Å². The minimum Gasteiger partial charge on any atom is -0.480 e. The molecule has 1 unspecified atom stereocenters. The molecular weight excluding hydrogens is 484 g/mol. The lowest BCUT2D eigenvalue weighted by molar-refractivity contribution is -0.143. The van der Waals surface area contributed by atoms with Crippen molar-refractivity contribution in [1.82, 2.24) is 4.57 Å². The number of benzene rings is 2. The van der Waals surface area contributed by atoms with Crippen LogP contribution in [0.15, 0.2) is 69.6 Å². The van der Waals surface area contributed by atoms with Crippen LogP contribution in [0.1, 0.15) is 37.9 Å².